The standard InChI is InChI=1S/C57H38N2S/c1-4-20-40(21-5-1)57(51-34-13-10-29-47(51)48-30-11-14-35-52(48)57)41-22-17-28-45(38-41)58(42-23-6-2-7-24-42)44-27-16-19-39(37-44)46-32-18-33-50-54-56(60-55(46)50)49-31-12-15-36-53(49)59(54)43-25-8-3-9-26-43/h1-38H. The minimum absolute atomic E-state index is 0.490. The Labute approximate surface area is 353 Å². The maximum Gasteiger partial charge on any atom is 0.0727 e. The number of rotatable bonds is 7. The average molecular weight is 783 g/mol. The molecule has 2 aromatic heterocycles. The maximum absolute atomic E-state index is 2.44. The highest BCUT2D eigenvalue weighted by Gasteiger charge is 2.46. The van der Waals surface area contributed by atoms with Gasteiger partial charge in [-0.25, -0.2) is 0 Å². The van der Waals surface area contributed by atoms with Crippen LogP contribution < -0.4 is 4.90 Å². The van der Waals surface area contributed by atoms with Gasteiger partial charge in [0.25, 0.3) is 0 Å². The fourth-order valence-corrected chi connectivity index (χ4v) is 11.3. The third kappa shape index (κ3) is 5.13. The van der Waals surface area contributed by atoms with Crippen LogP contribution in [0, 0.1) is 0 Å². The molecule has 0 N–H and O–H groups in total. The van der Waals surface area contributed by atoms with Crippen molar-refractivity contribution in [2.75, 3.05) is 4.90 Å². The van der Waals surface area contributed by atoms with E-state index in [9.17, 15) is 0 Å². The van der Waals surface area contributed by atoms with Crippen molar-refractivity contribution >= 4 is 59.6 Å². The summed E-state index contributed by atoms with van der Waals surface area (Å²) in [5.41, 5.74) is 16.6. The molecule has 0 unspecified atom stereocenters. The molecule has 2 nitrogen and oxygen atoms in total. The van der Waals surface area contributed by atoms with Crippen LogP contribution in [0.25, 0.3) is 59.1 Å². The number of fused-ring (bicyclic) bond motifs is 8. The number of aromatic nitrogens is 1. The Balaban J connectivity index is 1.05. The number of para-hydroxylation sites is 3. The lowest BCUT2D eigenvalue weighted by Gasteiger charge is -2.35. The lowest BCUT2D eigenvalue weighted by Crippen LogP contribution is -2.28. The Morgan fingerprint density at radius 1 is 0.383 bits per heavy atom. The molecule has 3 heteroatoms. The topological polar surface area (TPSA) is 8.17 Å². The van der Waals surface area contributed by atoms with Crippen molar-refractivity contribution in [1.29, 1.82) is 0 Å². The van der Waals surface area contributed by atoms with Gasteiger partial charge in [-0.2, -0.15) is 0 Å². The third-order valence-electron chi connectivity index (χ3n) is 12.4. The normalized spacial score (nSPS) is 12.8. The smallest absolute Gasteiger partial charge is 0.0727 e. The van der Waals surface area contributed by atoms with Crippen molar-refractivity contribution in [3.8, 4) is 27.9 Å². The van der Waals surface area contributed by atoms with E-state index in [-0.39, 0.29) is 0 Å². The van der Waals surface area contributed by atoms with E-state index >= 15 is 0 Å². The van der Waals surface area contributed by atoms with E-state index in [2.05, 4.69) is 240 Å². The van der Waals surface area contributed by atoms with Gasteiger partial charge in [0.1, 0.15) is 0 Å². The highest BCUT2D eigenvalue weighted by atomic mass is 32.1. The van der Waals surface area contributed by atoms with Crippen LogP contribution in [0.5, 0.6) is 0 Å². The summed E-state index contributed by atoms with van der Waals surface area (Å²) in [6.07, 6.45) is 0. The summed E-state index contributed by atoms with van der Waals surface area (Å²) in [7, 11) is 0. The summed E-state index contributed by atoms with van der Waals surface area (Å²) in [5, 5.41) is 2.56. The molecule has 2 heterocycles. The van der Waals surface area contributed by atoms with E-state index in [0.717, 1.165) is 17.1 Å². The van der Waals surface area contributed by atoms with Gasteiger partial charge >= 0.3 is 0 Å². The van der Waals surface area contributed by atoms with Crippen molar-refractivity contribution in [2.24, 2.45) is 0 Å². The summed E-state index contributed by atoms with van der Waals surface area (Å²) in [6, 6.07) is 84.5. The van der Waals surface area contributed by atoms with Gasteiger partial charge in [-0.3, -0.25) is 0 Å². The van der Waals surface area contributed by atoms with Crippen LogP contribution in [-0.4, -0.2) is 4.57 Å². The Bertz CT molecular complexity index is 3330. The lowest BCUT2D eigenvalue weighted by atomic mass is 9.67. The van der Waals surface area contributed by atoms with Gasteiger partial charge in [-0.15, -0.1) is 11.3 Å². The first-order chi connectivity index (χ1) is 29.8. The quantitative estimate of drug-likeness (QED) is 0.156. The van der Waals surface area contributed by atoms with E-state index in [1.54, 1.807) is 0 Å². The van der Waals surface area contributed by atoms with Gasteiger partial charge in [0.05, 0.1) is 21.1 Å². The molecule has 0 spiro atoms. The minimum Gasteiger partial charge on any atom is -0.310 e. The first-order valence-corrected chi connectivity index (χ1v) is 21.4. The second-order valence-electron chi connectivity index (χ2n) is 15.6. The second kappa shape index (κ2) is 13.8. The van der Waals surface area contributed by atoms with E-state index in [1.807, 2.05) is 11.3 Å². The minimum atomic E-state index is -0.490. The van der Waals surface area contributed by atoms with Gasteiger partial charge in [0.15, 0.2) is 0 Å². The molecule has 12 rings (SSSR count). The van der Waals surface area contributed by atoms with Crippen LogP contribution in [0.3, 0.4) is 0 Å². The zero-order valence-electron chi connectivity index (χ0n) is 32.7. The molecule has 0 atom stereocenters. The lowest BCUT2D eigenvalue weighted by molar-refractivity contribution is 0.768. The second-order valence-corrected chi connectivity index (χ2v) is 16.6. The summed E-state index contributed by atoms with van der Waals surface area (Å²) in [4.78, 5) is 2.42. The zero-order valence-corrected chi connectivity index (χ0v) is 33.6. The summed E-state index contributed by atoms with van der Waals surface area (Å²) in [6.45, 7) is 0. The number of hydrogen-bond acceptors (Lipinski definition) is 2. The van der Waals surface area contributed by atoms with Crippen LogP contribution in [-0.2, 0) is 5.41 Å². The molecule has 0 saturated heterocycles. The van der Waals surface area contributed by atoms with E-state index in [0.29, 0.717) is 0 Å². The number of hydrogen-bond donors (Lipinski definition) is 0. The van der Waals surface area contributed by atoms with Gasteiger partial charge in [0.2, 0.25) is 0 Å². The highest BCUT2D eigenvalue weighted by Crippen LogP contribution is 2.56. The van der Waals surface area contributed by atoms with Crippen molar-refractivity contribution in [1.82, 2.24) is 4.57 Å². The first-order valence-electron chi connectivity index (χ1n) is 20.6. The van der Waals surface area contributed by atoms with Crippen molar-refractivity contribution in [3.63, 3.8) is 0 Å². The molecular formula is C57H38N2S. The molecule has 0 saturated carbocycles. The third-order valence-corrected chi connectivity index (χ3v) is 13.7. The van der Waals surface area contributed by atoms with Crippen molar-refractivity contribution in [2.45, 2.75) is 5.41 Å². The van der Waals surface area contributed by atoms with Crippen LogP contribution in [0.15, 0.2) is 231 Å². The summed E-state index contributed by atoms with van der Waals surface area (Å²) >= 11 is 1.90. The number of nitrogens with zero attached hydrogens (tertiary/aromatic N) is 2. The van der Waals surface area contributed by atoms with E-state index in [4.69, 9.17) is 0 Å². The largest absolute Gasteiger partial charge is 0.310 e. The number of thiophene rings is 1. The zero-order chi connectivity index (χ0) is 39.6. The molecule has 11 aromatic rings. The van der Waals surface area contributed by atoms with E-state index in [1.165, 1.54) is 81.4 Å². The molecule has 1 aliphatic carbocycles. The van der Waals surface area contributed by atoms with Crippen LogP contribution in [0.4, 0.5) is 17.1 Å². The fourth-order valence-electron chi connectivity index (χ4n) is 9.99. The van der Waals surface area contributed by atoms with Gasteiger partial charge in [-0.1, -0.05) is 176 Å². The molecule has 0 aliphatic heterocycles. The molecule has 1 aliphatic rings. The molecular weight excluding hydrogens is 745 g/mol. The van der Waals surface area contributed by atoms with Gasteiger partial charge in [-0.05, 0) is 99.1 Å². The van der Waals surface area contributed by atoms with Crippen molar-refractivity contribution < 1.29 is 0 Å². The Morgan fingerprint density at radius 3 is 1.67 bits per heavy atom. The molecule has 9 aromatic carbocycles. The Morgan fingerprint density at radius 2 is 0.917 bits per heavy atom. The van der Waals surface area contributed by atoms with E-state index < -0.39 is 5.41 Å². The SMILES string of the molecule is c1ccc(N(c2cccc(-c3cccc4c3sc3c5ccccc5n(-c5ccccc5)c43)c2)c2cccc(C3(c4ccccc4)c4ccccc4-c4ccccc43)c2)cc1. The Kier molecular flexibility index (Phi) is 7.97. The number of anilines is 3. The molecule has 282 valence electrons. The summed E-state index contributed by atoms with van der Waals surface area (Å²) in [5.74, 6) is 0. The van der Waals surface area contributed by atoms with Crippen LogP contribution in [0.1, 0.15) is 22.3 Å². The predicted octanol–water partition coefficient (Wildman–Crippen LogP) is 15.5. The molecule has 0 fully saturated rings. The molecule has 0 bridgehead atoms. The summed E-state index contributed by atoms with van der Waals surface area (Å²) < 4.78 is 5.06. The highest BCUT2D eigenvalue weighted by molar-refractivity contribution is 7.27. The first kappa shape index (κ1) is 34.6. The molecule has 0 radical (unpaired) electrons. The van der Waals surface area contributed by atoms with Crippen LogP contribution in [0.2, 0.25) is 0 Å². The molecule has 60 heavy (non-hydrogen) atoms. The predicted molar refractivity (Wildman–Crippen MR) is 254 cm³/mol. The maximum atomic E-state index is 2.44. The van der Waals surface area contributed by atoms with Crippen molar-refractivity contribution in [3.05, 3.63) is 253 Å². The Hall–Kier alpha value is -7.46. The van der Waals surface area contributed by atoms with Gasteiger partial charge in [0, 0.05) is 38.2 Å². The average Bonchev–Trinajstić information content (AvgIpc) is 3.96. The van der Waals surface area contributed by atoms with Crippen LogP contribution >= 0.6 is 11.3 Å². The fraction of sp³-hybridized carbons (Fsp3) is 0.0175. The van der Waals surface area contributed by atoms with Gasteiger partial charge < -0.3 is 9.47 Å². The monoisotopic (exact) mass is 782 g/mol. The molecule has 0 amide bonds. The number of benzene rings is 9.